The maximum Gasteiger partial charge on any atom is 0.253 e. The van der Waals surface area contributed by atoms with Crippen LogP contribution >= 0.6 is 0 Å². The van der Waals surface area contributed by atoms with Crippen LogP contribution in [0.3, 0.4) is 0 Å². The third-order valence-electron chi connectivity index (χ3n) is 4.76. The monoisotopic (exact) mass is 419 g/mol. The normalized spacial score (nSPS) is 11.7. The van der Waals surface area contributed by atoms with E-state index in [1.54, 1.807) is 38.6 Å². The zero-order chi connectivity index (χ0) is 21.8. The molecule has 1 aromatic carbocycles. The van der Waals surface area contributed by atoms with Crippen molar-refractivity contribution in [2.75, 3.05) is 14.2 Å². The molecule has 0 saturated heterocycles. The van der Waals surface area contributed by atoms with Crippen molar-refractivity contribution in [3.8, 4) is 17.3 Å². The van der Waals surface area contributed by atoms with E-state index in [2.05, 4.69) is 25.4 Å². The summed E-state index contributed by atoms with van der Waals surface area (Å²) in [6.07, 6.45) is 7.95. The molecule has 10 nitrogen and oxygen atoms in total. The molecule has 0 aliphatic carbocycles. The molecule has 0 bridgehead atoms. The fourth-order valence-electron chi connectivity index (χ4n) is 3.15. The van der Waals surface area contributed by atoms with Crippen LogP contribution in [0.15, 0.2) is 61.6 Å². The number of methoxy groups -OCH3 is 2. The maximum atomic E-state index is 13.1. The predicted molar refractivity (Wildman–Crippen MR) is 111 cm³/mol. The molecule has 1 atom stereocenters. The molecule has 0 saturated carbocycles. The van der Waals surface area contributed by atoms with Crippen LogP contribution in [0.4, 0.5) is 0 Å². The Hall–Kier alpha value is -4.21. The summed E-state index contributed by atoms with van der Waals surface area (Å²) in [5, 5.41) is 7.07. The van der Waals surface area contributed by atoms with Crippen LogP contribution in [0.2, 0.25) is 0 Å². The number of hydrogen-bond acceptors (Lipinski definition) is 7. The minimum absolute atomic E-state index is 0.299. The second kappa shape index (κ2) is 8.66. The number of rotatable bonds is 7. The van der Waals surface area contributed by atoms with Crippen molar-refractivity contribution in [3.05, 3.63) is 78.5 Å². The molecule has 158 valence electrons. The highest BCUT2D eigenvalue weighted by atomic mass is 16.5. The van der Waals surface area contributed by atoms with Gasteiger partial charge in [0.2, 0.25) is 0 Å². The Kier molecular flexibility index (Phi) is 5.61. The third-order valence-corrected chi connectivity index (χ3v) is 4.76. The van der Waals surface area contributed by atoms with Gasteiger partial charge in [0.25, 0.3) is 5.91 Å². The molecule has 3 aromatic heterocycles. The summed E-state index contributed by atoms with van der Waals surface area (Å²) in [5.74, 6) is 2.15. The Morgan fingerprint density at radius 3 is 2.42 bits per heavy atom. The fraction of sp³-hybridized carbons (Fsp3) is 0.190. The van der Waals surface area contributed by atoms with E-state index in [1.807, 2.05) is 29.9 Å². The fourth-order valence-corrected chi connectivity index (χ4v) is 3.15. The number of aromatic nitrogens is 6. The first-order valence-electron chi connectivity index (χ1n) is 9.41. The topological polar surface area (TPSA) is 109 Å². The number of ether oxygens (including phenoxy) is 2. The van der Waals surface area contributed by atoms with Gasteiger partial charge in [-0.2, -0.15) is 5.10 Å². The number of nitrogens with one attached hydrogen (secondary N) is 1. The lowest BCUT2D eigenvalue weighted by Crippen LogP contribution is -2.31. The van der Waals surface area contributed by atoms with Gasteiger partial charge in [-0.25, -0.2) is 19.6 Å². The number of amides is 1. The van der Waals surface area contributed by atoms with Gasteiger partial charge < -0.3 is 19.4 Å². The van der Waals surface area contributed by atoms with Gasteiger partial charge in [-0.3, -0.25) is 4.79 Å². The Labute approximate surface area is 178 Å². The highest BCUT2D eigenvalue weighted by Gasteiger charge is 2.23. The third kappa shape index (κ3) is 4.22. The number of carbonyl (C=O) groups excluding carboxylic acids is 1. The van der Waals surface area contributed by atoms with E-state index in [9.17, 15) is 4.79 Å². The zero-order valence-electron chi connectivity index (χ0n) is 17.3. The number of carbonyl (C=O) groups is 1. The van der Waals surface area contributed by atoms with Crippen LogP contribution in [0.5, 0.6) is 11.5 Å². The molecule has 0 fully saturated rings. The summed E-state index contributed by atoms with van der Waals surface area (Å²) in [6.45, 7) is 0. The summed E-state index contributed by atoms with van der Waals surface area (Å²) < 4.78 is 14.1. The zero-order valence-corrected chi connectivity index (χ0v) is 17.3. The molecule has 0 spiro atoms. The smallest absolute Gasteiger partial charge is 0.253 e. The number of pyridine rings is 1. The van der Waals surface area contributed by atoms with Gasteiger partial charge in [0, 0.05) is 31.7 Å². The molecule has 0 radical (unpaired) electrons. The van der Waals surface area contributed by atoms with Gasteiger partial charge in [0.05, 0.1) is 19.8 Å². The van der Waals surface area contributed by atoms with Gasteiger partial charge in [-0.15, -0.1) is 0 Å². The summed E-state index contributed by atoms with van der Waals surface area (Å²) in [5.41, 5.74) is 1.17. The largest absolute Gasteiger partial charge is 0.497 e. The van der Waals surface area contributed by atoms with Crippen LogP contribution < -0.4 is 14.8 Å². The first-order chi connectivity index (χ1) is 15.1. The second-order valence-electron chi connectivity index (χ2n) is 6.69. The molecule has 1 N–H and O–H groups in total. The first kappa shape index (κ1) is 20.1. The molecule has 4 rings (SSSR count). The summed E-state index contributed by atoms with van der Waals surface area (Å²) in [4.78, 5) is 25.7. The van der Waals surface area contributed by atoms with E-state index < -0.39 is 6.04 Å². The predicted octanol–water partition coefficient (Wildman–Crippen LogP) is 1.93. The lowest BCUT2D eigenvalue weighted by molar-refractivity contribution is 0.0940. The average Bonchev–Trinajstić information content (AvgIpc) is 3.49. The molecule has 1 amide bonds. The van der Waals surface area contributed by atoms with Gasteiger partial charge in [-0.05, 0) is 29.8 Å². The van der Waals surface area contributed by atoms with Crippen molar-refractivity contribution in [3.63, 3.8) is 0 Å². The van der Waals surface area contributed by atoms with Crippen LogP contribution in [-0.2, 0) is 7.05 Å². The average molecular weight is 419 g/mol. The molecular weight excluding hydrogens is 398 g/mol. The number of imidazole rings is 1. The van der Waals surface area contributed by atoms with Crippen molar-refractivity contribution in [1.29, 1.82) is 0 Å². The molecule has 1 unspecified atom stereocenters. The maximum absolute atomic E-state index is 13.1. The van der Waals surface area contributed by atoms with E-state index in [4.69, 9.17) is 9.47 Å². The minimum atomic E-state index is -0.536. The molecule has 3 heterocycles. The van der Waals surface area contributed by atoms with Crippen molar-refractivity contribution in [2.45, 2.75) is 6.04 Å². The van der Waals surface area contributed by atoms with E-state index in [1.165, 1.54) is 23.5 Å². The van der Waals surface area contributed by atoms with Crippen molar-refractivity contribution < 1.29 is 14.3 Å². The van der Waals surface area contributed by atoms with Gasteiger partial charge in [-0.1, -0.05) is 0 Å². The van der Waals surface area contributed by atoms with E-state index in [-0.39, 0.29) is 5.91 Å². The Morgan fingerprint density at radius 2 is 1.87 bits per heavy atom. The lowest BCUT2D eigenvalue weighted by atomic mass is 10.0. The summed E-state index contributed by atoms with van der Waals surface area (Å²) in [6, 6.07) is 8.30. The van der Waals surface area contributed by atoms with Crippen LogP contribution in [0.1, 0.15) is 27.8 Å². The SMILES string of the molecule is COc1cc(OC)cc(C(NC(=O)c2ccc(-n3cncn3)nc2)c2nccn2C)c1. The molecule has 31 heavy (non-hydrogen) atoms. The lowest BCUT2D eigenvalue weighted by Gasteiger charge is -2.20. The van der Waals surface area contributed by atoms with Crippen molar-refractivity contribution in [2.24, 2.45) is 7.05 Å². The standard InChI is InChI=1S/C21H21N7O3/c1-27-7-6-23-20(27)19(15-8-16(30-2)10-17(9-15)31-3)26-21(29)14-4-5-18(24-11-14)28-13-22-12-25-28/h4-13,19H,1-3H3,(H,26,29). The quantitative estimate of drug-likeness (QED) is 0.487. The molecule has 10 heteroatoms. The second-order valence-corrected chi connectivity index (χ2v) is 6.69. The number of aryl methyl sites for hydroxylation is 1. The Balaban J connectivity index is 1.66. The van der Waals surface area contributed by atoms with Crippen molar-refractivity contribution in [1.82, 2.24) is 34.6 Å². The van der Waals surface area contributed by atoms with Gasteiger partial charge >= 0.3 is 0 Å². The molecule has 0 aliphatic rings. The van der Waals surface area contributed by atoms with Gasteiger partial charge in [0.1, 0.15) is 36.0 Å². The van der Waals surface area contributed by atoms with Crippen LogP contribution in [-0.4, -0.2) is 49.4 Å². The Bertz CT molecular complexity index is 1150. The minimum Gasteiger partial charge on any atom is -0.497 e. The van der Waals surface area contributed by atoms with E-state index >= 15 is 0 Å². The molecule has 0 aliphatic heterocycles. The first-order valence-corrected chi connectivity index (χ1v) is 9.41. The van der Waals surface area contributed by atoms with E-state index in [0.29, 0.717) is 28.7 Å². The highest BCUT2D eigenvalue weighted by Crippen LogP contribution is 2.29. The highest BCUT2D eigenvalue weighted by molar-refractivity contribution is 5.94. The Morgan fingerprint density at radius 1 is 1.10 bits per heavy atom. The number of hydrogen-bond donors (Lipinski definition) is 1. The molecular formula is C21H21N7O3. The van der Waals surface area contributed by atoms with Crippen molar-refractivity contribution >= 4 is 5.91 Å². The number of nitrogens with zero attached hydrogens (tertiary/aromatic N) is 6. The van der Waals surface area contributed by atoms with Crippen LogP contribution in [0, 0.1) is 0 Å². The van der Waals surface area contributed by atoms with Crippen LogP contribution in [0.25, 0.3) is 5.82 Å². The number of benzene rings is 1. The summed E-state index contributed by atoms with van der Waals surface area (Å²) in [7, 11) is 5.03. The van der Waals surface area contributed by atoms with Gasteiger partial charge in [0.15, 0.2) is 5.82 Å². The van der Waals surface area contributed by atoms with E-state index in [0.717, 1.165) is 5.56 Å². The molecule has 4 aromatic rings. The summed E-state index contributed by atoms with van der Waals surface area (Å²) >= 11 is 0.